The van der Waals surface area contributed by atoms with E-state index in [9.17, 15) is 8.42 Å². The second-order valence-corrected chi connectivity index (χ2v) is 8.89. The fourth-order valence-electron chi connectivity index (χ4n) is 3.60. The largest absolute Gasteiger partial charge is 0.375 e. The zero-order valence-electron chi connectivity index (χ0n) is 14.9. The molecule has 7 nitrogen and oxygen atoms in total. The van der Waals surface area contributed by atoms with Crippen LogP contribution >= 0.6 is 0 Å². The average molecular weight is 356 g/mol. The second kappa shape index (κ2) is 6.74. The smallest absolute Gasteiger partial charge is 0.244 e. The molecule has 0 saturated carbocycles. The number of morpholine rings is 1. The highest BCUT2D eigenvalue weighted by Gasteiger charge is 2.39. The lowest BCUT2D eigenvalue weighted by molar-refractivity contribution is -0.0683. The minimum Gasteiger partial charge on any atom is -0.375 e. The van der Waals surface area contributed by atoms with Gasteiger partial charge in [-0.3, -0.25) is 9.58 Å². The lowest BCUT2D eigenvalue weighted by Gasteiger charge is -2.36. The maximum absolute atomic E-state index is 12.7. The van der Waals surface area contributed by atoms with Gasteiger partial charge in [-0.25, -0.2) is 13.1 Å². The van der Waals surface area contributed by atoms with Gasteiger partial charge < -0.3 is 4.74 Å². The molecular weight excluding hydrogens is 328 g/mol. The minimum atomic E-state index is -3.54. The zero-order chi connectivity index (χ0) is 17.5. The molecule has 24 heavy (non-hydrogen) atoms. The number of ether oxygens (including phenoxy) is 1. The molecule has 2 aliphatic rings. The van der Waals surface area contributed by atoms with Gasteiger partial charge in [0, 0.05) is 37.9 Å². The first-order valence-corrected chi connectivity index (χ1v) is 10.2. The quantitative estimate of drug-likeness (QED) is 0.851. The predicted molar refractivity (Wildman–Crippen MR) is 91.3 cm³/mol. The van der Waals surface area contributed by atoms with Crippen molar-refractivity contribution in [3.63, 3.8) is 0 Å². The fourth-order valence-corrected chi connectivity index (χ4v) is 5.02. The monoisotopic (exact) mass is 356 g/mol. The Bertz CT molecular complexity index is 685. The van der Waals surface area contributed by atoms with Gasteiger partial charge in [0.15, 0.2) is 0 Å². The van der Waals surface area contributed by atoms with E-state index in [0.29, 0.717) is 30.8 Å². The number of sulfonamides is 1. The Morgan fingerprint density at radius 2 is 2.17 bits per heavy atom. The Morgan fingerprint density at radius 3 is 2.79 bits per heavy atom. The first-order chi connectivity index (χ1) is 11.3. The van der Waals surface area contributed by atoms with Crippen LogP contribution in [0.1, 0.15) is 32.9 Å². The second-order valence-electron chi connectivity index (χ2n) is 7.21. The van der Waals surface area contributed by atoms with Crippen molar-refractivity contribution in [2.45, 2.75) is 63.7 Å². The van der Waals surface area contributed by atoms with Crippen LogP contribution in [0.25, 0.3) is 0 Å². The molecular formula is C16H28N4O3S. The van der Waals surface area contributed by atoms with Crippen molar-refractivity contribution in [2.24, 2.45) is 5.92 Å². The molecule has 1 aromatic rings. The van der Waals surface area contributed by atoms with Crippen LogP contribution in [-0.2, 0) is 21.3 Å². The predicted octanol–water partition coefficient (Wildman–Crippen LogP) is 0.987. The third-order valence-electron chi connectivity index (χ3n) is 5.03. The van der Waals surface area contributed by atoms with Crippen LogP contribution in [0.4, 0.5) is 0 Å². The SMILES string of the molecule is CCn1cc(S(=O)(=O)N[C@H]2C[C@H]3CO[C@@H](C(C)C)CN3C2)c(C)n1. The first-order valence-electron chi connectivity index (χ1n) is 8.72. The van der Waals surface area contributed by atoms with Crippen molar-refractivity contribution in [1.29, 1.82) is 0 Å². The molecule has 0 unspecified atom stereocenters. The number of aryl methyl sites for hydroxylation is 2. The van der Waals surface area contributed by atoms with Crippen LogP contribution in [0, 0.1) is 12.8 Å². The van der Waals surface area contributed by atoms with Gasteiger partial charge in [0.05, 0.1) is 18.4 Å². The van der Waals surface area contributed by atoms with Crippen LogP contribution < -0.4 is 4.72 Å². The number of nitrogens with one attached hydrogen (secondary N) is 1. The molecule has 2 saturated heterocycles. The summed E-state index contributed by atoms with van der Waals surface area (Å²) in [6.45, 7) is 11.0. The summed E-state index contributed by atoms with van der Waals surface area (Å²) in [6.07, 6.45) is 2.64. The summed E-state index contributed by atoms with van der Waals surface area (Å²) in [6, 6.07) is 0.242. The third-order valence-corrected chi connectivity index (χ3v) is 6.65. The highest BCUT2D eigenvalue weighted by atomic mass is 32.2. The molecule has 2 fully saturated rings. The standard InChI is InChI=1S/C16H28N4O3S/c1-5-20-9-16(12(4)17-20)24(21,22)18-13-6-14-10-23-15(11(2)3)8-19(14)7-13/h9,11,13-15,18H,5-8,10H2,1-4H3/t13-,14-,15+/m0/s1. The van der Waals surface area contributed by atoms with Gasteiger partial charge in [-0.1, -0.05) is 13.8 Å². The average Bonchev–Trinajstić information content (AvgIpc) is 3.08. The van der Waals surface area contributed by atoms with Gasteiger partial charge in [0.2, 0.25) is 10.0 Å². The van der Waals surface area contributed by atoms with Crippen molar-refractivity contribution in [3.8, 4) is 0 Å². The maximum Gasteiger partial charge on any atom is 0.244 e. The number of fused-ring (bicyclic) bond motifs is 1. The lowest BCUT2D eigenvalue weighted by Crippen LogP contribution is -2.48. The Balaban J connectivity index is 1.67. The van der Waals surface area contributed by atoms with E-state index in [1.807, 2.05) is 6.92 Å². The Hall–Kier alpha value is -0.960. The normalized spacial score (nSPS) is 28.5. The highest BCUT2D eigenvalue weighted by molar-refractivity contribution is 7.89. The van der Waals surface area contributed by atoms with E-state index in [0.717, 1.165) is 19.5 Å². The number of rotatable bonds is 5. The van der Waals surface area contributed by atoms with Crippen LogP contribution in [0.3, 0.4) is 0 Å². The van der Waals surface area contributed by atoms with E-state index in [1.165, 1.54) is 0 Å². The highest BCUT2D eigenvalue weighted by Crippen LogP contribution is 2.27. The zero-order valence-corrected chi connectivity index (χ0v) is 15.7. The van der Waals surface area contributed by atoms with Crippen molar-refractivity contribution >= 4 is 10.0 Å². The molecule has 0 spiro atoms. The molecule has 3 heterocycles. The van der Waals surface area contributed by atoms with E-state index in [2.05, 4.69) is 28.6 Å². The topological polar surface area (TPSA) is 76.5 Å². The number of hydrogen-bond donors (Lipinski definition) is 1. The maximum atomic E-state index is 12.7. The first kappa shape index (κ1) is 17.8. The molecule has 1 N–H and O–H groups in total. The van der Waals surface area contributed by atoms with Crippen molar-refractivity contribution < 1.29 is 13.2 Å². The Labute approximate surface area is 144 Å². The Morgan fingerprint density at radius 1 is 1.42 bits per heavy atom. The van der Waals surface area contributed by atoms with Gasteiger partial charge in [0.1, 0.15) is 4.90 Å². The summed E-state index contributed by atoms with van der Waals surface area (Å²) in [5.74, 6) is 0.476. The molecule has 3 atom stereocenters. The third kappa shape index (κ3) is 3.51. The molecule has 136 valence electrons. The molecule has 3 rings (SSSR count). The van der Waals surface area contributed by atoms with Crippen LogP contribution in [0.15, 0.2) is 11.1 Å². The Kier molecular flexibility index (Phi) is 5.01. The van der Waals surface area contributed by atoms with E-state index in [-0.39, 0.29) is 17.0 Å². The fraction of sp³-hybridized carbons (Fsp3) is 0.812. The van der Waals surface area contributed by atoms with E-state index in [4.69, 9.17) is 4.74 Å². The molecule has 0 bridgehead atoms. The van der Waals surface area contributed by atoms with Crippen molar-refractivity contribution in [3.05, 3.63) is 11.9 Å². The van der Waals surface area contributed by atoms with Gasteiger partial charge in [-0.15, -0.1) is 0 Å². The summed E-state index contributed by atoms with van der Waals surface area (Å²) in [7, 11) is -3.54. The molecule has 1 aromatic heterocycles. The van der Waals surface area contributed by atoms with Gasteiger partial charge in [0.25, 0.3) is 0 Å². The minimum absolute atomic E-state index is 0.0705. The van der Waals surface area contributed by atoms with E-state index >= 15 is 0 Å². The summed E-state index contributed by atoms with van der Waals surface area (Å²) in [5.41, 5.74) is 0.545. The van der Waals surface area contributed by atoms with Crippen LogP contribution in [-0.4, -0.2) is 61.0 Å². The lowest BCUT2D eigenvalue weighted by atomic mass is 10.0. The van der Waals surface area contributed by atoms with Crippen LogP contribution in [0.2, 0.25) is 0 Å². The molecule has 0 aromatic carbocycles. The summed E-state index contributed by atoms with van der Waals surface area (Å²) < 4.78 is 35.9. The molecule has 8 heteroatoms. The molecule has 0 radical (unpaired) electrons. The van der Waals surface area contributed by atoms with Crippen LogP contribution in [0.5, 0.6) is 0 Å². The van der Waals surface area contributed by atoms with Gasteiger partial charge in [-0.2, -0.15) is 5.10 Å². The van der Waals surface area contributed by atoms with Crippen molar-refractivity contribution in [2.75, 3.05) is 19.7 Å². The molecule has 0 aliphatic carbocycles. The van der Waals surface area contributed by atoms with Gasteiger partial charge in [-0.05, 0) is 26.2 Å². The number of hydrogen-bond acceptors (Lipinski definition) is 5. The summed E-state index contributed by atoms with van der Waals surface area (Å²) in [4.78, 5) is 2.65. The summed E-state index contributed by atoms with van der Waals surface area (Å²) >= 11 is 0. The molecule has 2 aliphatic heterocycles. The number of aromatic nitrogens is 2. The molecule has 0 amide bonds. The van der Waals surface area contributed by atoms with Gasteiger partial charge >= 0.3 is 0 Å². The van der Waals surface area contributed by atoms with E-state index < -0.39 is 10.0 Å². The van der Waals surface area contributed by atoms with E-state index in [1.54, 1.807) is 17.8 Å². The van der Waals surface area contributed by atoms with Crippen molar-refractivity contribution in [1.82, 2.24) is 19.4 Å². The number of nitrogens with zero attached hydrogens (tertiary/aromatic N) is 3. The summed E-state index contributed by atoms with van der Waals surface area (Å²) in [5, 5.41) is 4.24.